The predicted molar refractivity (Wildman–Crippen MR) is 79.8 cm³/mol. The van der Waals surface area contributed by atoms with Crippen LogP contribution in [0.25, 0.3) is 0 Å². The van der Waals surface area contributed by atoms with Crippen LogP contribution < -0.4 is 0 Å². The second-order valence-corrected chi connectivity index (χ2v) is 5.84. The Balaban J connectivity index is 2.03. The predicted octanol–water partition coefficient (Wildman–Crippen LogP) is 3.76. The monoisotopic (exact) mass is 257 g/mol. The van der Waals surface area contributed by atoms with Crippen molar-refractivity contribution in [2.45, 2.75) is 32.7 Å². The second-order valence-electron chi connectivity index (χ2n) is 5.84. The lowest BCUT2D eigenvalue weighted by molar-refractivity contribution is 0.236. The van der Waals surface area contributed by atoms with E-state index >= 15 is 0 Å². The van der Waals surface area contributed by atoms with Crippen molar-refractivity contribution >= 4 is 0 Å². The highest BCUT2D eigenvalue weighted by molar-refractivity contribution is 5.24. The van der Waals surface area contributed by atoms with Gasteiger partial charge >= 0.3 is 0 Å². The lowest BCUT2D eigenvalue weighted by Gasteiger charge is -2.25. The number of ether oxygens (including phenoxy) is 1. The molecule has 19 heavy (non-hydrogen) atoms. The maximum absolute atomic E-state index is 5.72. The maximum Gasteiger partial charge on any atom is 0.189 e. The smallest absolute Gasteiger partial charge is 0.189 e. The second kappa shape index (κ2) is 5.52. The van der Waals surface area contributed by atoms with E-state index in [0.29, 0.717) is 0 Å². The third-order valence-corrected chi connectivity index (χ3v) is 3.65. The van der Waals surface area contributed by atoms with E-state index in [1.54, 1.807) is 0 Å². The summed E-state index contributed by atoms with van der Waals surface area (Å²) < 4.78 is 5.72. The summed E-state index contributed by atoms with van der Waals surface area (Å²) in [7, 11) is 2.08. The lowest BCUT2D eigenvalue weighted by atomic mass is 10.1. The van der Waals surface area contributed by atoms with Gasteiger partial charge in [0.25, 0.3) is 0 Å². The molecule has 2 nitrogen and oxygen atoms in total. The fraction of sp³-hybridized carbons (Fsp3) is 0.412. The normalized spacial score (nSPS) is 20.7. The van der Waals surface area contributed by atoms with E-state index in [2.05, 4.69) is 69.1 Å². The van der Waals surface area contributed by atoms with Crippen molar-refractivity contribution in [2.24, 2.45) is 0 Å². The zero-order chi connectivity index (χ0) is 13.9. The third kappa shape index (κ3) is 3.40. The molecule has 1 aliphatic rings. The van der Waals surface area contributed by atoms with Gasteiger partial charge in [0.1, 0.15) is 6.61 Å². The van der Waals surface area contributed by atoms with Crippen molar-refractivity contribution in [1.82, 2.24) is 4.90 Å². The first-order valence-electron chi connectivity index (χ1n) is 6.77. The van der Waals surface area contributed by atoms with E-state index in [1.807, 2.05) is 6.07 Å². The Morgan fingerprint density at radius 2 is 2.00 bits per heavy atom. The van der Waals surface area contributed by atoms with Gasteiger partial charge in [-0.25, -0.2) is 0 Å². The zero-order valence-electron chi connectivity index (χ0n) is 12.3. The van der Waals surface area contributed by atoms with E-state index in [1.165, 1.54) is 11.1 Å². The third-order valence-electron chi connectivity index (χ3n) is 3.65. The van der Waals surface area contributed by atoms with Gasteiger partial charge in [-0.1, -0.05) is 42.0 Å². The molecule has 1 aromatic rings. The van der Waals surface area contributed by atoms with E-state index in [4.69, 9.17) is 4.74 Å². The Morgan fingerprint density at radius 3 is 2.58 bits per heavy atom. The van der Waals surface area contributed by atoms with Crippen LogP contribution in [0.15, 0.2) is 53.9 Å². The lowest BCUT2D eigenvalue weighted by Crippen LogP contribution is -2.36. The number of allylic oxidation sites excluding steroid dienone is 3. The number of hydrogen-bond acceptors (Lipinski definition) is 2. The Labute approximate surface area is 116 Å². The van der Waals surface area contributed by atoms with Gasteiger partial charge in [-0.05, 0) is 38.8 Å². The molecule has 1 heterocycles. The molecule has 0 N–H and O–H groups in total. The first kappa shape index (κ1) is 13.7. The summed E-state index contributed by atoms with van der Waals surface area (Å²) in [6, 6.07) is 10.5. The summed E-state index contributed by atoms with van der Waals surface area (Å²) in [4.78, 5) is 2.19. The molecular weight excluding hydrogens is 234 g/mol. The van der Waals surface area contributed by atoms with E-state index in [0.717, 1.165) is 18.9 Å². The fourth-order valence-electron chi connectivity index (χ4n) is 2.09. The van der Waals surface area contributed by atoms with Crippen LogP contribution >= 0.6 is 0 Å². The minimum atomic E-state index is 0.0903. The first-order chi connectivity index (χ1) is 8.99. The van der Waals surface area contributed by atoms with Crippen LogP contribution in [0.1, 0.15) is 26.3 Å². The highest BCUT2D eigenvalue weighted by Crippen LogP contribution is 2.27. The molecular formula is C17H23NO. The largest absolute Gasteiger partial charge is 0.477 e. The van der Waals surface area contributed by atoms with E-state index in [9.17, 15) is 0 Å². The van der Waals surface area contributed by atoms with Crippen molar-refractivity contribution in [2.75, 3.05) is 13.7 Å². The van der Waals surface area contributed by atoms with Crippen molar-refractivity contribution in [3.8, 4) is 0 Å². The van der Waals surface area contributed by atoms with Gasteiger partial charge in [0, 0.05) is 7.05 Å². The molecule has 0 amide bonds. The van der Waals surface area contributed by atoms with Gasteiger partial charge in [-0.2, -0.15) is 0 Å². The molecule has 102 valence electrons. The summed E-state index contributed by atoms with van der Waals surface area (Å²) in [6.45, 7) is 7.29. The molecule has 0 unspecified atom stereocenters. The van der Waals surface area contributed by atoms with Crippen LogP contribution in [-0.4, -0.2) is 24.1 Å². The molecule has 0 saturated carbocycles. The van der Waals surface area contributed by atoms with Gasteiger partial charge in [0.05, 0.1) is 5.54 Å². The summed E-state index contributed by atoms with van der Waals surface area (Å²) in [5.41, 5.74) is 2.77. The van der Waals surface area contributed by atoms with Gasteiger partial charge in [0.15, 0.2) is 5.88 Å². The molecule has 0 spiro atoms. The Bertz CT molecular complexity index is 485. The van der Waals surface area contributed by atoms with Gasteiger partial charge in [-0.15, -0.1) is 0 Å². The Morgan fingerprint density at radius 1 is 1.32 bits per heavy atom. The maximum atomic E-state index is 5.72. The molecule has 0 aromatic heterocycles. The molecule has 1 fully saturated rings. The molecule has 1 aliphatic heterocycles. The SMILES string of the molecule is C/C(=C/C=C1/OCC(C)(C)N1C)Cc1ccccc1. The number of likely N-dealkylation sites (N-methyl/N-ethyl adjacent to an activating group) is 1. The van der Waals surface area contributed by atoms with E-state index < -0.39 is 0 Å². The molecule has 0 atom stereocenters. The highest BCUT2D eigenvalue weighted by atomic mass is 16.5. The summed E-state index contributed by atoms with van der Waals surface area (Å²) in [5, 5.41) is 0. The zero-order valence-corrected chi connectivity index (χ0v) is 12.3. The molecule has 0 radical (unpaired) electrons. The summed E-state index contributed by atoms with van der Waals surface area (Å²) >= 11 is 0. The number of nitrogens with zero attached hydrogens (tertiary/aromatic N) is 1. The first-order valence-corrected chi connectivity index (χ1v) is 6.77. The van der Waals surface area contributed by atoms with Crippen molar-refractivity contribution < 1.29 is 4.74 Å². The standard InChI is InChI=1S/C17H23NO/c1-14(12-15-8-6-5-7-9-15)10-11-16-18(4)17(2,3)13-19-16/h5-11H,12-13H2,1-4H3/b14-10-,16-11+. The fourth-order valence-corrected chi connectivity index (χ4v) is 2.09. The molecule has 2 heteroatoms. The minimum Gasteiger partial charge on any atom is -0.477 e. The molecule has 0 bridgehead atoms. The summed E-state index contributed by atoms with van der Waals surface area (Å²) in [5.74, 6) is 0.956. The molecule has 1 saturated heterocycles. The van der Waals surface area contributed by atoms with Crippen LogP contribution in [0, 0.1) is 0 Å². The van der Waals surface area contributed by atoms with Gasteiger partial charge in [-0.3, -0.25) is 0 Å². The minimum absolute atomic E-state index is 0.0903. The van der Waals surface area contributed by atoms with Crippen molar-refractivity contribution in [3.63, 3.8) is 0 Å². The molecule has 1 aromatic carbocycles. The topological polar surface area (TPSA) is 12.5 Å². The number of benzene rings is 1. The summed E-state index contributed by atoms with van der Waals surface area (Å²) in [6.07, 6.45) is 5.21. The van der Waals surface area contributed by atoms with Crippen molar-refractivity contribution in [3.05, 3.63) is 59.5 Å². The van der Waals surface area contributed by atoms with Crippen molar-refractivity contribution in [1.29, 1.82) is 0 Å². The van der Waals surface area contributed by atoms with Crippen LogP contribution in [-0.2, 0) is 11.2 Å². The Kier molecular flexibility index (Phi) is 3.98. The number of hydrogen-bond donors (Lipinski definition) is 0. The average molecular weight is 257 g/mol. The molecule has 2 rings (SSSR count). The average Bonchev–Trinajstić information content (AvgIpc) is 2.64. The Hall–Kier alpha value is -1.70. The van der Waals surface area contributed by atoms with Crippen LogP contribution in [0.3, 0.4) is 0 Å². The van der Waals surface area contributed by atoms with Gasteiger partial charge in [0.2, 0.25) is 0 Å². The molecule has 0 aliphatic carbocycles. The van der Waals surface area contributed by atoms with E-state index in [-0.39, 0.29) is 5.54 Å². The quantitative estimate of drug-likeness (QED) is 0.817. The van der Waals surface area contributed by atoms with Gasteiger partial charge < -0.3 is 9.64 Å². The van der Waals surface area contributed by atoms with Crippen LogP contribution in [0.2, 0.25) is 0 Å². The van der Waals surface area contributed by atoms with Crippen LogP contribution in [0.4, 0.5) is 0 Å². The van der Waals surface area contributed by atoms with Crippen LogP contribution in [0.5, 0.6) is 0 Å². The highest BCUT2D eigenvalue weighted by Gasteiger charge is 2.33. The number of rotatable bonds is 3.